The minimum Gasteiger partial charge on any atom is -0.446 e. The molecule has 2 amide bonds. The normalized spacial score (nSPS) is 16.1. The number of rotatable bonds is 4. The van der Waals surface area contributed by atoms with E-state index in [4.69, 9.17) is 16.3 Å². The van der Waals surface area contributed by atoms with Gasteiger partial charge in [0.05, 0.1) is 17.8 Å². The van der Waals surface area contributed by atoms with Crippen LogP contribution in [0.25, 0.3) is 0 Å². The molecule has 0 saturated carbocycles. The Labute approximate surface area is 181 Å². The van der Waals surface area contributed by atoms with Crippen LogP contribution in [0.1, 0.15) is 50.8 Å². The van der Waals surface area contributed by atoms with Crippen LogP contribution >= 0.6 is 11.6 Å². The number of halogens is 2. The fourth-order valence-electron chi connectivity index (χ4n) is 3.76. The number of anilines is 1. The Morgan fingerprint density at radius 2 is 1.93 bits per heavy atom. The summed E-state index contributed by atoms with van der Waals surface area (Å²) in [6.07, 6.45) is 0.701. The van der Waals surface area contributed by atoms with Crippen LogP contribution in [0.15, 0.2) is 42.5 Å². The SMILES string of the molecule is CC(=O)N(Cc1ccc(F)cc1)C1CCCN(C(=O)OC(C)C)c2cc(Cl)ccc21. The molecule has 0 aliphatic carbocycles. The van der Waals surface area contributed by atoms with E-state index in [0.717, 1.165) is 11.1 Å². The van der Waals surface area contributed by atoms with Gasteiger partial charge in [0, 0.05) is 25.0 Å². The highest BCUT2D eigenvalue weighted by molar-refractivity contribution is 6.31. The third-order valence-electron chi connectivity index (χ3n) is 5.11. The number of hydrogen-bond donors (Lipinski definition) is 0. The van der Waals surface area contributed by atoms with Crippen LogP contribution in [-0.2, 0) is 16.1 Å². The minimum absolute atomic E-state index is 0.0940. The second-order valence-corrected chi connectivity index (χ2v) is 8.16. The van der Waals surface area contributed by atoms with E-state index in [1.807, 2.05) is 6.07 Å². The lowest BCUT2D eigenvalue weighted by Gasteiger charge is -2.32. The Morgan fingerprint density at radius 1 is 1.23 bits per heavy atom. The smallest absolute Gasteiger partial charge is 0.414 e. The molecule has 1 heterocycles. The monoisotopic (exact) mass is 432 g/mol. The van der Waals surface area contributed by atoms with Crippen LogP contribution in [0.4, 0.5) is 14.9 Å². The van der Waals surface area contributed by atoms with Crippen molar-refractivity contribution in [3.63, 3.8) is 0 Å². The average Bonchev–Trinajstić information content (AvgIpc) is 2.86. The molecule has 0 aromatic heterocycles. The van der Waals surface area contributed by atoms with E-state index >= 15 is 0 Å². The first-order valence-electron chi connectivity index (χ1n) is 10.1. The van der Waals surface area contributed by atoms with Gasteiger partial charge in [0.15, 0.2) is 0 Å². The van der Waals surface area contributed by atoms with Crippen molar-refractivity contribution in [2.75, 3.05) is 11.4 Å². The van der Waals surface area contributed by atoms with Gasteiger partial charge in [0.25, 0.3) is 0 Å². The van der Waals surface area contributed by atoms with Gasteiger partial charge < -0.3 is 9.64 Å². The van der Waals surface area contributed by atoms with Crippen LogP contribution in [0.2, 0.25) is 5.02 Å². The Balaban J connectivity index is 1.99. The third kappa shape index (κ3) is 5.11. The molecule has 2 aromatic rings. The van der Waals surface area contributed by atoms with Gasteiger partial charge in [-0.25, -0.2) is 9.18 Å². The molecule has 7 heteroatoms. The van der Waals surface area contributed by atoms with E-state index in [1.165, 1.54) is 19.1 Å². The van der Waals surface area contributed by atoms with E-state index in [-0.39, 0.29) is 23.9 Å². The molecule has 160 valence electrons. The summed E-state index contributed by atoms with van der Waals surface area (Å²) in [5.74, 6) is -0.412. The lowest BCUT2D eigenvalue weighted by molar-refractivity contribution is -0.132. The van der Waals surface area contributed by atoms with Crippen molar-refractivity contribution in [3.8, 4) is 0 Å². The maximum atomic E-state index is 13.3. The molecule has 1 atom stereocenters. The first-order chi connectivity index (χ1) is 14.3. The first kappa shape index (κ1) is 22.1. The van der Waals surface area contributed by atoms with Gasteiger partial charge in [0.2, 0.25) is 5.91 Å². The summed E-state index contributed by atoms with van der Waals surface area (Å²) in [4.78, 5) is 28.7. The van der Waals surface area contributed by atoms with E-state index < -0.39 is 6.09 Å². The number of amides is 2. The van der Waals surface area contributed by atoms with Crippen LogP contribution in [0.5, 0.6) is 0 Å². The summed E-state index contributed by atoms with van der Waals surface area (Å²) in [6, 6.07) is 11.3. The predicted octanol–water partition coefficient (Wildman–Crippen LogP) is 5.71. The van der Waals surface area contributed by atoms with E-state index in [2.05, 4.69) is 0 Å². The van der Waals surface area contributed by atoms with Crippen LogP contribution < -0.4 is 4.90 Å². The van der Waals surface area contributed by atoms with Crippen LogP contribution in [-0.4, -0.2) is 29.5 Å². The van der Waals surface area contributed by atoms with E-state index in [9.17, 15) is 14.0 Å². The van der Waals surface area contributed by atoms with Gasteiger partial charge in [-0.05, 0) is 62.1 Å². The molecule has 0 spiro atoms. The predicted molar refractivity (Wildman–Crippen MR) is 115 cm³/mol. The van der Waals surface area contributed by atoms with E-state index in [0.29, 0.717) is 36.6 Å². The summed E-state index contributed by atoms with van der Waals surface area (Å²) in [7, 11) is 0. The van der Waals surface area contributed by atoms with Gasteiger partial charge in [0.1, 0.15) is 5.82 Å². The molecule has 1 aliphatic heterocycles. The van der Waals surface area contributed by atoms with Crippen molar-refractivity contribution < 1.29 is 18.7 Å². The molecule has 0 N–H and O–H groups in total. The molecule has 3 rings (SSSR count). The molecular formula is C23H26ClFN2O3. The highest BCUT2D eigenvalue weighted by Gasteiger charge is 2.32. The largest absolute Gasteiger partial charge is 0.446 e. The number of carbonyl (C=O) groups excluding carboxylic acids is 2. The highest BCUT2D eigenvalue weighted by Crippen LogP contribution is 2.39. The molecular weight excluding hydrogens is 407 g/mol. The van der Waals surface area contributed by atoms with Gasteiger partial charge in [-0.3, -0.25) is 9.69 Å². The van der Waals surface area contributed by atoms with Crippen molar-refractivity contribution in [3.05, 3.63) is 64.4 Å². The summed E-state index contributed by atoms with van der Waals surface area (Å²) in [5, 5.41) is 0.504. The second-order valence-electron chi connectivity index (χ2n) is 7.72. The van der Waals surface area contributed by atoms with Crippen molar-refractivity contribution >= 4 is 29.3 Å². The quantitative estimate of drug-likeness (QED) is 0.621. The Hall–Kier alpha value is -2.60. The van der Waals surface area contributed by atoms with Crippen LogP contribution in [0, 0.1) is 5.82 Å². The van der Waals surface area contributed by atoms with Crippen molar-refractivity contribution in [1.82, 2.24) is 4.90 Å². The number of ether oxygens (including phenoxy) is 1. The van der Waals surface area contributed by atoms with Gasteiger partial charge in [-0.2, -0.15) is 0 Å². The zero-order chi connectivity index (χ0) is 21.8. The first-order valence-corrected chi connectivity index (χ1v) is 10.4. The van der Waals surface area contributed by atoms with Crippen molar-refractivity contribution in [2.24, 2.45) is 0 Å². The zero-order valence-corrected chi connectivity index (χ0v) is 18.2. The second kappa shape index (κ2) is 9.47. The molecule has 5 nitrogen and oxygen atoms in total. The van der Waals surface area contributed by atoms with E-state index in [1.54, 1.807) is 47.9 Å². The van der Waals surface area contributed by atoms with Gasteiger partial charge >= 0.3 is 6.09 Å². The number of fused-ring (bicyclic) bond motifs is 1. The number of benzene rings is 2. The maximum absolute atomic E-state index is 13.3. The molecule has 1 unspecified atom stereocenters. The lowest BCUT2D eigenvalue weighted by Crippen LogP contribution is -2.34. The number of nitrogens with zero attached hydrogens (tertiary/aromatic N) is 2. The van der Waals surface area contributed by atoms with Gasteiger partial charge in [-0.15, -0.1) is 0 Å². The zero-order valence-electron chi connectivity index (χ0n) is 17.4. The summed E-state index contributed by atoms with van der Waals surface area (Å²) >= 11 is 6.25. The van der Waals surface area contributed by atoms with Crippen molar-refractivity contribution in [1.29, 1.82) is 0 Å². The molecule has 1 aliphatic rings. The Kier molecular flexibility index (Phi) is 6.98. The van der Waals surface area contributed by atoms with Crippen LogP contribution in [0.3, 0.4) is 0 Å². The third-order valence-corrected chi connectivity index (χ3v) is 5.34. The fraction of sp³-hybridized carbons (Fsp3) is 0.391. The topological polar surface area (TPSA) is 49.9 Å². The molecule has 0 radical (unpaired) electrons. The van der Waals surface area contributed by atoms with Crippen molar-refractivity contribution in [2.45, 2.75) is 52.3 Å². The summed E-state index contributed by atoms with van der Waals surface area (Å²) < 4.78 is 18.7. The molecule has 0 bridgehead atoms. The Bertz CT molecular complexity index is 917. The number of hydrogen-bond acceptors (Lipinski definition) is 3. The standard InChI is InChI=1S/C23H26ClFN2O3/c1-15(2)30-23(29)26-12-4-5-21(20-11-8-18(24)13-22(20)26)27(16(3)28)14-17-6-9-19(25)10-7-17/h6-11,13,15,21H,4-5,12,14H2,1-3H3. The minimum atomic E-state index is -0.429. The summed E-state index contributed by atoms with van der Waals surface area (Å²) in [6.45, 7) is 5.94. The molecule has 2 aromatic carbocycles. The summed E-state index contributed by atoms with van der Waals surface area (Å²) in [5.41, 5.74) is 2.33. The lowest BCUT2D eigenvalue weighted by atomic mass is 9.99. The Morgan fingerprint density at radius 3 is 2.57 bits per heavy atom. The number of carbonyl (C=O) groups is 2. The molecule has 0 saturated heterocycles. The maximum Gasteiger partial charge on any atom is 0.414 e. The molecule has 30 heavy (non-hydrogen) atoms. The molecule has 0 fully saturated rings. The highest BCUT2D eigenvalue weighted by atomic mass is 35.5. The fourth-order valence-corrected chi connectivity index (χ4v) is 3.92. The average molecular weight is 433 g/mol. The van der Waals surface area contributed by atoms with Gasteiger partial charge in [-0.1, -0.05) is 29.8 Å².